The lowest BCUT2D eigenvalue weighted by atomic mass is 10.2. The highest BCUT2D eigenvalue weighted by atomic mass is 16.2. The number of rotatable bonds is 15. The van der Waals surface area contributed by atoms with Crippen LogP contribution in [-0.4, -0.2) is 70.8 Å². The molecule has 0 saturated carbocycles. The van der Waals surface area contributed by atoms with Gasteiger partial charge in [-0.25, -0.2) is 4.98 Å². The lowest BCUT2D eigenvalue weighted by Gasteiger charge is -2.19. The van der Waals surface area contributed by atoms with Crippen LogP contribution < -0.4 is 16.2 Å². The van der Waals surface area contributed by atoms with Crippen LogP contribution in [0.4, 0.5) is 5.82 Å². The molecule has 0 saturated heterocycles. The van der Waals surface area contributed by atoms with Crippen LogP contribution in [0.5, 0.6) is 0 Å². The molecule has 1 atom stereocenters. The molecule has 0 radical (unpaired) electrons. The first-order chi connectivity index (χ1) is 16.1. The summed E-state index contributed by atoms with van der Waals surface area (Å²) >= 11 is 0. The van der Waals surface area contributed by atoms with E-state index in [0.29, 0.717) is 13.0 Å². The number of aromatic nitrogens is 2. The van der Waals surface area contributed by atoms with E-state index < -0.39 is 17.5 Å². The molecule has 10 nitrogen and oxygen atoms in total. The van der Waals surface area contributed by atoms with Crippen molar-refractivity contribution in [3.8, 4) is 0 Å². The average molecular weight is 470 g/mol. The average Bonchev–Trinajstić information content (AvgIpc) is 2.78. The topological polar surface area (TPSA) is 144 Å². The summed E-state index contributed by atoms with van der Waals surface area (Å²) in [7, 11) is 1.80. The van der Waals surface area contributed by atoms with Gasteiger partial charge < -0.3 is 21.5 Å². The zero-order valence-electron chi connectivity index (χ0n) is 20.4. The summed E-state index contributed by atoms with van der Waals surface area (Å²) in [6, 6.07) is -0.818. The van der Waals surface area contributed by atoms with Crippen LogP contribution in [0.25, 0.3) is 0 Å². The van der Waals surface area contributed by atoms with Crippen molar-refractivity contribution in [2.75, 3.05) is 38.5 Å². The smallest absolute Gasteiger partial charge is 0.294 e. The van der Waals surface area contributed by atoms with Gasteiger partial charge in [0.05, 0.1) is 31.1 Å². The molecule has 0 aliphatic carbocycles. The number of carbonyl (C=O) groups is 2. The number of amides is 1. The largest absolute Gasteiger partial charge is 0.360 e. The Kier molecular flexibility index (Phi) is 12.1. The molecule has 0 aliphatic heterocycles. The van der Waals surface area contributed by atoms with Gasteiger partial charge in [-0.3, -0.25) is 23.9 Å². The van der Waals surface area contributed by atoms with Gasteiger partial charge in [-0.1, -0.05) is 37.8 Å². The fourth-order valence-corrected chi connectivity index (χ4v) is 3.02. The second-order valence-corrected chi connectivity index (χ2v) is 7.84. The van der Waals surface area contributed by atoms with Gasteiger partial charge in [0, 0.05) is 18.9 Å². The maximum atomic E-state index is 12.8. The third-order valence-electron chi connectivity index (χ3n) is 4.79. The molecule has 1 unspecified atom stereocenters. The molecule has 1 aromatic rings. The van der Waals surface area contributed by atoms with Crippen molar-refractivity contribution in [2.45, 2.75) is 33.2 Å². The standard InChI is InChI=1S/C24H35N7O3/c1-6-8-9-10-17(3)15-30(5)16-19(32)13-29-23(33)21(7-2)31-12-11-27-22(24(31)34)28-14-20(26)18(4)25/h6,8-12,21,25-26H,3,7,13-16H2,1-2,4-5H3,(H,27,28)(H,29,33)/b8-6-,10-9-,25-18?,26-20?. The summed E-state index contributed by atoms with van der Waals surface area (Å²) < 4.78 is 1.25. The van der Waals surface area contributed by atoms with Gasteiger partial charge in [-0.2, -0.15) is 0 Å². The van der Waals surface area contributed by atoms with Crippen molar-refractivity contribution < 1.29 is 9.59 Å². The molecular weight excluding hydrogens is 434 g/mol. The summed E-state index contributed by atoms with van der Waals surface area (Å²) in [5.74, 6) is -0.624. The summed E-state index contributed by atoms with van der Waals surface area (Å²) in [5, 5.41) is 20.5. The Labute approximate surface area is 200 Å². The number of hydrogen-bond acceptors (Lipinski definition) is 8. The Hall–Kier alpha value is -3.66. The minimum atomic E-state index is -0.818. The lowest BCUT2D eigenvalue weighted by molar-refractivity contribution is -0.127. The van der Waals surface area contributed by atoms with E-state index in [0.717, 1.165) is 5.57 Å². The molecule has 1 aromatic heterocycles. The highest BCUT2D eigenvalue weighted by Gasteiger charge is 2.21. The molecule has 184 valence electrons. The number of ketones is 1. The van der Waals surface area contributed by atoms with Crippen LogP contribution in [0.3, 0.4) is 0 Å². The first-order valence-electron chi connectivity index (χ1n) is 11.0. The fraction of sp³-hybridized carbons (Fsp3) is 0.417. The highest BCUT2D eigenvalue weighted by molar-refractivity contribution is 6.40. The maximum Gasteiger partial charge on any atom is 0.294 e. The number of allylic oxidation sites excluding steroid dienone is 3. The van der Waals surface area contributed by atoms with E-state index >= 15 is 0 Å². The Balaban J connectivity index is 2.71. The number of hydrogen-bond donors (Lipinski definition) is 4. The van der Waals surface area contributed by atoms with Gasteiger partial charge in [0.25, 0.3) is 5.56 Å². The van der Waals surface area contributed by atoms with E-state index in [-0.39, 0.29) is 42.7 Å². The Bertz CT molecular complexity index is 1020. The molecule has 0 aliphatic rings. The highest BCUT2D eigenvalue weighted by Crippen LogP contribution is 2.09. The van der Waals surface area contributed by atoms with Crippen LogP contribution in [0.1, 0.15) is 33.2 Å². The number of likely N-dealkylation sites (N-methyl/N-ethyl adjacent to an activating group) is 1. The quantitative estimate of drug-likeness (QED) is 0.228. The number of Topliss-reactive ketones (excluding diaryl/α,β-unsaturated/α-hetero) is 1. The molecule has 0 bridgehead atoms. The first kappa shape index (κ1) is 28.4. The summed E-state index contributed by atoms with van der Waals surface area (Å²) in [5.41, 5.74) is 0.452. The number of nitrogens with one attached hydrogen (secondary N) is 4. The molecule has 1 amide bonds. The van der Waals surface area contributed by atoms with Crippen molar-refractivity contribution in [1.82, 2.24) is 19.8 Å². The van der Waals surface area contributed by atoms with E-state index in [4.69, 9.17) is 10.8 Å². The number of nitrogens with zero attached hydrogens (tertiary/aromatic N) is 3. The van der Waals surface area contributed by atoms with Gasteiger partial charge in [0.15, 0.2) is 11.6 Å². The van der Waals surface area contributed by atoms with Crippen molar-refractivity contribution >= 4 is 28.9 Å². The predicted molar refractivity (Wildman–Crippen MR) is 136 cm³/mol. The van der Waals surface area contributed by atoms with E-state index in [1.807, 2.05) is 36.1 Å². The predicted octanol–water partition coefficient (Wildman–Crippen LogP) is 1.97. The van der Waals surface area contributed by atoms with Crippen molar-refractivity contribution in [3.05, 3.63) is 59.2 Å². The zero-order chi connectivity index (χ0) is 25.7. The van der Waals surface area contributed by atoms with Gasteiger partial charge in [-0.05, 0) is 32.9 Å². The van der Waals surface area contributed by atoms with Crippen LogP contribution in [0.15, 0.2) is 53.6 Å². The van der Waals surface area contributed by atoms with Gasteiger partial charge >= 0.3 is 0 Å². The normalized spacial score (nSPS) is 12.1. The van der Waals surface area contributed by atoms with Crippen molar-refractivity contribution in [1.29, 1.82) is 10.8 Å². The Morgan fingerprint density at radius 2 is 1.97 bits per heavy atom. The van der Waals surface area contributed by atoms with Crippen LogP contribution >= 0.6 is 0 Å². The number of anilines is 1. The summed E-state index contributed by atoms with van der Waals surface area (Å²) in [4.78, 5) is 43.6. The molecule has 0 aromatic carbocycles. The van der Waals surface area contributed by atoms with E-state index in [9.17, 15) is 14.4 Å². The molecule has 0 fully saturated rings. The van der Waals surface area contributed by atoms with E-state index in [1.165, 1.54) is 23.9 Å². The molecule has 4 N–H and O–H groups in total. The van der Waals surface area contributed by atoms with Gasteiger partial charge in [0.2, 0.25) is 5.91 Å². The van der Waals surface area contributed by atoms with Gasteiger partial charge in [0.1, 0.15) is 6.04 Å². The molecule has 1 heterocycles. The second kappa shape index (κ2) is 14.5. The number of carbonyl (C=O) groups excluding carboxylic acids is 2. The minimum Gasteiger partial charge on any atom is -0.360 e. The SMILES string of the molecule is C=C(/C=C\C=C/C)CN(C)CC(=O)CNC(=O)C(CC)n1ccnc(NCC(=N)C(C)=N)c1=O. The third kappa shape index (κ3) is 9.45. The molecule has 0 spiro atoms. The van der Waals surface area contributed by atoms with E-state index in [2.05, 4.69) is 22.2 Å². The summed E-state index contributed by atoms with van der Waals surface area (Å²) in [6.07, 6.45) is 10.7. The Morgan fingerprint density at radius 3 is 2.59 bits per heavy atom. The monoisotopic (exact) mass is 469 g/mol. The minimum absolute atomic E-state index is 0.0128. The Morgan fingerprint density at radius 1 is 1.26 bits per heavy atom. The van der Waals surface area contributed by atoms with Crippen LogP contribution in [-0.2, 0) is 9.59 Å². The maximum absolute atomic E-state index is 12.8. The molecule has 1 rings (SSSR count). The van der Waals surface area contributed by atoms with E-state index in [1.54, 1.807) is 14.0 Å². The fourth-order valence-electron chi connectivity index (χ4n) is 3.02. The van der Waals surface area contributed by atoms with Crippen molar-refractivity contribution in [3.63, 3.8) is 0 Å². The first-order valence-corrected chi connectivity index (χ1v) is 11.0. The second-order valence-electron chi connectivity index (χ2n) is 7.84. The molecular formula is C24H35N7O3. The molecule has 10 heteroatoms. The van der Waals surface area contributed by atoms with Crippen molar-refractivity contribution in [2.24, 2.45) is 0 Å². The third-order valence-corrected chi connectivity index (χ3v) is 4.79. The zero-order valence-corrected chi connectivity index (χ0v) is 20.4. The van der Waals surface area contributed by atoms with Crippen LogP contribution in [0, 0.1) is 10.8 Å². The lowest BCUT2D eigenvalue weighted by Crippen LogP contribution is -2.41. The molecule has 34 heavy (non-hydrogen) atoms. The summed E-state index contributed by atoms with van der Waals surface area (Å²) in [6.45, 7) is 9.61. The van der Waals surface area contributed by atoms with Crippen LogP contribution in [0.2, 0.25) is 0 Å². The van der Waals surface area contributed by atoms with Gasteiger partial charge in [-0.15, -0.1) is 0 Å².